The van der Waals surface area contributed by atoms with E-state index in [-0.39, 0.29) is 5.75 Å². The molecular formula is C22H33N5O5S. The molecule has 2 aromatic rings. The molecule has 0 aliphatic carbocycles. The molecular weight excluding hydrogens is 446 g/mol. The Morgan fingerprint density at radius 1 is 1.09 bits per heavy atom. The summed E-state index contributed by atoms with van der Waals surface area (Å²) in [5.41, 5.74) is -0.714. The highest BCUT2D eigenvalue weighted by Gasteiger charge is 2.32. The second-order valence-electron chi connectivity index (χ2n) is 9.68. The van der Waals surface area contributed by atoms with Crippen molar-refractivity contribution in [3.05, 3.63) is 47.6 Å². The monoisotopic (exact) mass is 479 g/mol. The molecule has 1 aromatic heterocycles. The third-order valence-electron chi connectivity index (χ3n) is 5.12. The lowest BCUT2D eigenvalue weighted by Crippen LogP contribution is -2.48. The highest BCUT2D eigenvalue weighted by molar-refractivity contribution is 7.88. The molecule has 0 radical (unpaired) electrons. The first kappa shape index (κ1) is 25.1. The van der Waals surface area contributed by atoms with Gasteiger partial charge in [0.2, 0.25) is 15.9 Å². The molecule has 1 aliphatic rings. The predicted octanol–water partition coefficient (Wildman–Crippen LogP) is 2.48. The number of amides is 1. The van der Waals surface area contributed by atoms with Gasteiger partial charge in [-0.3, -0.25) is 4.90 Å². The van der Waals surface area contributed by atoms with Gasteiger partial charge in [0.25, 0.3) is 0 Å². The van der Waals surface area contributed by atoms with Gasteiger partial charge < -0.3 is 14.6 Å². The quantitative estimate of drug-likeness (QED) is 0.644. The van der Waals surface area contributed by atoms with Crippen LogP contribution in [0.1, 0.15) is 51.9 Å². The zero-order valence-electron chi connectivity index (χ0n) is 19.9. The topological polar surface area (TPSA) is 118 Å². The number of ether oxygens (including phenoxy) is 1. The maximum Gasteiger partial charge on any atom is 0.408 e. The van der Waals surface area contributed by atoms with Gasteiger partial charge in [-0.1, -0.05) is 35.5 Å². The molecule has 2 heterocycles. The summed E-state index contributed by atoms with van der Waals surface area (Å²) in [5, 5.41) is 6.77. The fourth-order valence-electron chi connectivity index (χ4n) is 3.42. The second-order valence-corrected chi connectivity index (χ2v) is 11.6. The predicted molar refractivity (Wildman–Crippen MR) is 123 cm³/mol. The fraction of sp³-hybridized carbons (Fsp3) is 0.591. The van der Waals surface area contributed by atoms with E-state index in [2.05, 4.69) is 20.4 Å². The summed E-state index contributed by atoms with van der Waals surface area (Å²) in [5.74, 6) is 0.748. The Bertz CT molecular complexity index is 1040. The van der Waals surface area contributed by atoms with Gasteiger partial charge in [-0.2, -0.15) is 9.29 Å². The molecule has 1 saturated heterocycles. The van der Waals surface area contributed by atoms with Crippen LogP contribution < -0.4 is 5.32 Å². The van der Waals surface area contributed by atoms with Gasteiger partial charge in [0, 0.05) is 26.2 Å². The van der Waals surface area contributed by atoms with E-state index in [1.54, 1.807) is 34.6 Å². The Morgan fingerprint density at radius 2 is 1.73 bits per heavy atom. The van der Waals surface area contributed by atoms with E-state index < -0.39 is 27.3 Å². The van der Waals surface area contributed by atoms with Crippen molar-refractivity contribution in [3.8, 4) is 0 Å². The number of nitrogens with zero attached hydrogens (tertiary/aromatic N) is 4. The molecule has 1 aromatic carbocycles. The molecule has 1 amide bonds. The SMILES string of the molecule is CC(C)(C)OC(=O)NC(C)(C)c1noc(CN2CCN(S(=O)(=O)Cc3ccccc3)CC2)n1. The Kier molecular flexibility index (Phi) is 7.45. The van der Waals surface area contributed by atoms with Crippen molar-refractivity contribution in [3.63, 3.8) is 0 Å². The molecule has 11 heteroatoms. The average molecular weight is 480 g/mol. The standard InChI is InChI=1S/C22H33N5O5S/c1-21(2,3)31-20(28)24-22(4,5)19-23-18(32-25-19)15-26-11-13-27(14-12-26)33(29,30)16-17-9-7-6-8-10-17/h6-10H,11-16H2,1-5H3,(H,24,28). The summed E-state index contributed by atoms with van der Waals surface area (Å²) in [6.45, 7) is 11.2. The molecule has 3 rings (SSSR count). The van der Waals surface area contributed by atoms with E-state index in [0.717, 1.165) is 5.56 Å². The Morgan fingerprint density at radius 3 is 2.33 bits per heavy atom. The van der Waals surface area contributed by atoms with E-state index in [0.29, 0.717) is 44.4 Å². The van der Waals surface area contributed by atoms with Crippen LogP contribution in [0, 0.1) is 0 Å². The normalized spacial score (nSPS) is 16.5. The average Bonchev–Trinajstić information content (AvgIpc) is 3.16. The second kappa shape index (κ2) is 9.78. The highest BCUT2D eigenvalue weighted by atomic mass is 32.2. The van der Waals surface area contributed by atoms with Gasteiger partial charge in [0.05, 0.1) is 12.3 Å². The van der Waals surface area contributed by atoms with Crippen LogP contribution in [0.15, 0.2) is 34.9 Å². The van der Waals surface area contributed by atoms with Gasteiger partial charge in [0.15, 0.2) is 5.82 Å². The Labute approximate surface area is 195 Å². The number of aromatic nitrogens is 2. The largest absolute Gasteiger partial charge is 0.444 e. The molecule has 0 bridgehead atoms. The molecule has 1 fully saturated rings. The van der Waals surface area contributed by atoms with Crippen LogP contribution in [0.5, 0.6) is 0 Å². The Hall–Kier alpha value is -2.50. The van der Waals surface area contributed by atoms with Gasteiger partial charge >= 0.3 is 6.09 Å². The molecule has 0 unspecified atom stereocenters. The molecule has 33 heavy (non-hydrogen) atoms. The van der Waals surface area contributed by atoms with Crippen LogP contribution in [-0.2, 0) is 32.6 Å². The van der Waals surface area contributed by atoms with Crippen molar-refractivity contribution >= 4 is 16.1 Å². The third-order valence-corrected chi connectivity index (χ3v) is 6.97. The first-order valence-electron chi connectivity index (χ1n) is 10.9. The summed E-state index contributed by atoms with van der Waals surface area (Å²) in [6, 6.07) is 9.18. The van der Waals surface area contributed by atoms with Gasteiger partial charge in [0.1, 0.15) is 11.1 Å². The number of hydrogen-bond acceptors (Lipinski definition) is 8. The fourth-order valence-corrected chi connectivity index (χ4v) is 4.94. The number of carbonyl (C=O) groups excluding carboxylic acids is 1. The number of piperazine rings is 1. The zero-order chi connectivity index (χ0) is 24.3. The maximum absolute atomic E-state index is 12.7. The van der Waals surface area contributed by atoms with Crippen molar-refractivity contribution in [2.24, 2.45) is 0 Å². The first-order chi connectivity index (χ1) is 15.3. The van der Waals surface area contributed by atoms with Crippen molar-refractivity contribution in [2.75, 3.05) is 26.2 Å². The lowest BCUT2D eigenvalue weighted by Gasteiger charge is -2.33. The molecule has 0 atom stereocenters. The molecule has 10 nitrogen and oxygen atoms in total. The summed E-state index contributed by atoms with van der Waals surface area (Å²) < 4.78 is 37.7. The van der Waals surface area contributed by atoms with Crippen LogP contribution in [0.3, 0.4) is 0 Å². The van der Waals surface area contributed by atoms with Crippen LogP contribution in [0.2, 0.25) is 0 Å². The first-order valence-corrected chi connectivity index (χ1v) is 12.5. The zero-order valence-corrected chi connectivity index (χ0v) is 20.7. The summed E-state index contributed by atoms with van der Waals surface area (Å²) >= 11 is 0. The van der Waals surface area contributed by atoms with E-state index >= 15 is 0 Å². The lowest BCUT2D eigenvalue weighted by atomic mass is 10.1. The van der Waals surface area contributed by atoms with Crippen LogP contribution in [-0.4, -0.2) is 65.6 Å². The van der Waals surface area contributed by atoms with Crippen molar-refractivity contribution in [1.82, 2.24) is 24.7 Å². The van der Waals surface area contributed by atoms with Crippen molar-refractivity contribution in [2.45, 2.75) is 58.1 Å². The van der Waals surface area contributed by atoms with E-state index in [1.807, 2.05) is 30.3 Å². The third kappa shape index (κ3) is 7.24. The highest BCUT2D eigenvalue weighted by Crippen LogP contribution is 2.20. The number of carbonyl (C=O) groups is 1. The minimum Gasteiger partial charge on any atom is -0.444 e. The molecule has 1 N–H and O–H groups in total. The molecule has 182 valence electrons. The minimum atomic E-state index is -3.37. The number of hydrogen-bond donors (Lipinski definition) is 1. The maximum atomic E-state index is 12.7. The number of sulfonamides is 1. The number of rotatable bonds is 7. The lowest BCUT2D eigenvalue weighted by molar-refractivity contribution is 0.0465. The number of alkyl carbamates (subject to hydrolysis) is 1. The van der Waals surface area contributed by atoms with Gasteiger partial charge in [-0.05, 0) is 40.2 Å². The van der Waals surface area contributed by atoms with Crippen LogP contribution in [0.25, 0.3) is 0 Å². The van der Waals surface area contributed by atoms with Gasteiger partial charge in [-0.25, -0.2) is 13.2 Å². The number of nitrogens with one attached hydrogen (secondary N) is 1. The minimum absolute atomic E-state index is 0.000586. The Balaban J connectivity index is 1.52. The van der Waals surface area contributed by atoms with Crippen LogP contribution in [0.4, 0.5) is 4.79 Å². The molecule has 0 saturated carbocycles. The number of benzene rings is 1. The van der Waals surface area contributed by atoms with E-state index in [9.17, 15) is 13.2 Å². The van der Waals surface area contributed by atoms with Crippen molar-refractivity contribution in [1.29, 1.82) is 0 Å². The summed E-state index contributed by atoms with van der Waals surface area (Å²) in [6.07, 6.45) is -0.563. The molecule has 1 aliphatic heterocycles. The summed E-state index contributed by atoms with van der Waals surface area (Å²) in [4.78, 5) is 18.6. The smallest absolute Gasteiger partial charge is 0.408 e. The van der Waals surface area contributed by atoms with E-state index in [4.69, 9.17) is 9.26 Å². The van der Waals surface area contributed by atoms with Crippen molar-refractivity contribution < 1.29 is 22.5 Å². The van der Waals surface area contributed by atoms with Crippen LogP contribution >= 0.6 is 0 Å². The summed E-state index contributed by atoms with van der Waals surface area (Å²) in [7, 11) is -3.37. The molecule has 0 spiro atoms. The van der Waals surface area contributed by atoms with E-state index in [1.165, 1.54) is 4.31 Å². The van der Waals surface area contributed by atoms with Gasteiger partial charge in [-0.15, -0.1) is 0 Å².